The maximum atomic E-state index is 11.7. The molecule has 0 spiro atoms. The molecule has 2 rings (SSSR count). The van der Waals surface area contributed by atoms with Crippen LogP contribution < -0.4 is 10.6 Å². The highest BCUT2D eigenvalue weighted by molar-refractivity contribution is 5.67. The van der Waals surface area contributed by atoms with Gasteiger partial charge in [0.25, 0.3) is 0 Å². The van der Waals surface area contributed by atoms with Crippen molar-refractivity contribution in [3.63, 3.8) is 0 Å². The van der Waals surface area contributed by atoms with Gasteiger partial charge in [0.15, 0.2) is 0 Å². The van der Waals surface area contributed by atoms with Gasteiger partial charge in [-0.3, -0.25) is 0 Å². The van der Waals surface area contributed by atoms with Crippen LogP contribution in [0.2, 0.25) is 0 Å². The van der Waals surface area contributed by atoms with Gasteiger partial charge < -0.3 is 20.1 Å². The topological polar surface area (TPSA) is 59.6 Å². The average Bonchev–Trinajstić information content (AvgIpc) is 2.34. The van der Waals surface area contributed by atoms with E-state index in [4.69, 9.17) is 9.47 Å². The van der Waals surface area contributed by atoms with Crippen molar-refractivity contribution in [3.8, 4) is 0 Å². The monoisotopic (exact) mass is 270 g/mol. The van der Waals surface area contributed by atoms with Gasteiger partial charge in [-0.2, -0.15) is 0 Å². The molecular weight excluding hydrogens is 244 g/mol. The van der Waals surface area contributed by atoms with Gasteiger partial charge >= 0.3 is 6.09 Å². The number of carbonyl (C=O) groups excluding carboxylic acids is 1. The number of rotatable bonds is 2. The lowest BCUT2D eigenvalue weighted by molar-refractivity contribution is -0.0576. The smallest absolute Gasteiger partial charge is 0.407 e. The normalized spacial score (nSPS) is 31.4. The second kappa shape index (κ2) is 6.09. The predicted molar refractivity (Wildman–Crippen MR) is 73.1 cm³/mol. The van der Waals surface area contributed by atoms with E-state index in [0.717, 1.165) is 19.6 Å². The number of nitrogens with one attached hydrogen (secondary N) is 2. The summed E-state index contributed by atoms with van der Waals surface area (Å²) in [6, 6.07) is 0.452. The molecule has 1 aliphatic carbocycles. The number of carbonyl (C=O) groups is 1. The number of hydrogen-bond acceptors (Lipinski definition) is 4. The lowest BCUT2D eigenvalue weighted by Gasteiger charge is -2.41. The van der Waals surface area contributed by atoms with Crippen LogP contribution in [-0.4, -0.2) is 43.5 Å². The molecule has 3 atom stereocenters. The minimum Gasteiger partial charge on any atom is -0.444 e. The maximum absolute atomic E-state index is 11.7. The third-order valence-electron chi connectivity index (χ3n) is 3.68. The zero-order chi connectivity index (χ0) is 13.9. The Bertz CT molecular complexity index is 312. The molecule has 0 bridgehead atoms. The highest BCUT2D eigenvalue weighted by Gasteiger charge is 2.36. The number of morpholine rings is 1. The van der Waals surface area contributed by atoms with Crippen LogP contribution in [0, 0.1) is 5.92 Å². The second-order valence-electron chi connectivity index (χ2n) is 6.47. The molecule has 5 nitrogen and oxygen atoms in total. The molecule has 5 heteroatoms. The minimum absolute atomic E-state index is 0.234. The van der Waals surface area contributed by atoms with Crippen LogP contribution in [-0.2, 0) is 9.47 Å². The number of alkyl carbamates (subject to hydrolysis) is 1. The molecule has 2 N–H and O–H groups in total. The zero-order valence-corrected chi connectivity index (χ0v) is 12.2. The summed E-state index contributed by atoms with van der Waals surface area (Å²) in [5.74, 6) is 0.388. The fraction of sp³-hybridized carbons (Fsp3) is 0.929. The van der Waals surface area contributed by atoms with Crippen LogP contribution in [0.25, 0.3) is 0 Å². The first-order valence-corrected chi connectivity index (χ1v) is 7.27. The van der Waals surface area contributed by atoms with Crippen molar-refractivity contribution < 1.29 is 14.3 Å². The summed E-state index contributed by atoms with van der Waals surface area (Å²) in [6.07, 6.45) is 3.38. The summed E-state index contributed by atoms with van der Waals surface area (Å²) in [5.41, 5.74) is -0.442. The van der Waals surface area contributed by atoms with Crippen LogP contribution in [0.5, 0.6) is 0 Å². The molecule has 3 unspecified atom stereocenters. The van der Waals surface area contributed by atoms with Crippen LogP contribution in [0.3, 0.4) is 0 Å². The molecule has 1 amide bonds. The lowest BCUT2D eigenvalue weighted by atomic mass is 9.82. The summed E-state index contributed by atoms with van der Waals surface area (Å²) in [6.45, 7) is 7.96. The van der Waals surface area contributed by atoms with Crippen molar-refractivity contribution in [2.45, 2.75) is 57.8 Å². The highest BCUT2D eigenvalue weighted by atomic mass is 16.6. The molecule has 2 aliphatic rings. The quantitative estimate of drug-likeness (QED) is 0.801. The lowest BCUT2D eigenvalue weighted by Crippen LogP contribution is -2.55. The van der Waals surface area contributed by atoms with E-state index in [2.05, 4.69) is 10.6 Å². The summed E-state index contributed by atoms with van der Waals surface area (Å²) in [4.78, 5) is 11.7. The molecule has 0 aromatic carbocycles. The van der Waals surface area contributed by atoms with E-state index in [1.807, 2.05) is 20.8 Å². The van der Waals surface area contributed by atoms with Gasteiger partial charge in [-0.1, -0.05) is 6.42 Å². The van der Waals surface area contributed by atoms with Crippen LogP contribution >= 0.6 is 0 Å². The van der Waals surface area contributed by atoms with E-state index in [-0.39, 0.29) is 12.2 Å². The van der Waals surface area contributed by atoms with Gasteiger partial charge in [0, 0.05) is 25.0 Å². The van der Waals surface area contributed by atoms with E-state index in [1.165, 1.54) is 12.8 Å². The van der Waals surface area contributed by atoms with Gasteiger partial charge in [-0.25, -0.2) is 4.79 Å². The van der Waals surface area contributed by atoms with Gasteiger partial charge in [0.1, 0.15) is 5.60 Å². The SMILES string of the molecule is CC(C)(C)OC(=O)NCC1CCCC2NCCOC12. The molecule has 0 radical (unpaired) electrons. The Labute approximate surface area is 115 Å². The second-order valence-corrected chi connectivity index (χ2v) is 6.47. The standard InChI is InChI=1S/C14H26N2O3/c1-14(2,3)19-13(17)16-9-10-5-4-6-11-12(10)18-8-7-15-11/h10-12,15H,4-9H2,1-3H3,(H,16,17). The van der Waals surface area contributed by atoms with E-state index < -0.39 is 5.60 Å². The van der Waals surface area contributed by atoms with Gasteiger partial charge in [0.05, 0.1) is 12.7 Å². The largest absolute Gasteiger partial charge is 0.444 e. The molecule has 2 fully saturated rings. The third-order valence-corrected chi connectivity index (χ3v) is 3.68. The van der Waals surface area contributed by atoms with Crippen molar-refractivity contribution in [1.82, 2.24) is 10.6 Å². The Morgan fingerprint density at radius 3 is 2.95 bits per heavy atom. The summed E-state index contributed by atoms with van der Waals surface area (Å²) >= 11 is 0. The van der Waals surface area contributed by atoms with Crippen LogP contribution in [0.4, 0.5) is 4.79 Å². The minimum atomic E-state index is -0.442. The third kappa shape index (κ3) is 4.35. The van der Waals surface area contributed by atoms with E-state index in [0.29, 0.717) is 18.5 Å². The Kier molecular flexibility index (Phi) is 4.68. The molecule has 19 heavy (non-hydrogen) atoms. The van der Waals surface area contributed by atoms with Crippen molar-refractivity contribution in [1.29, 1.82) is 0 Å². The number of ether oxygens (including phenoxy) is 2. The average molecular weight is 270 g/mol. The van der Waals surface area contributed by atoms with Gasteiger partial charge in [0.2, 0.25) is 0 Å². The van der Waals surface area contributed by atoms with Crippen molar-refractivity contribution in [2.75, 3.05) is 19.7 Å². The maximum Gasteiger partial charge on any atom is 0.407 e. The first-order valence-electron chi connectivity index (χ1n) is 7.27. The van der Waals surface area contributed by atoms with Gasteiger partial charge in [-0.15, -0.1) is 0 Å². The Balaban J connectivity index is 1.79. The zero-order valence-electron chi connectivity index (χ0n) is 12.2. The molecule has 1 saturated heterocycles. The molecule has 0 aromatic heterocycles. The summed E-state index contributed by atoms with van der Waals surface area (Å²) < 4.78 is 11.1. The van der Waals surface area contributed by atoms with Gasteiger partial charge in [-0.05, 0) is 33.6 Å². The first-order chi connectivity index (χ1) is 8.96. The molecule has 1 heterocycles. The van der Waals surface area contributed by atoms with Crippen LogP contribution in [0.1, 0.15) is 40.0 Å². The summed E-state index contributed by atoms with van der Waals surface area (Å²) in [5, 5.41) is 6.38. The Morgan fingerprint density at radius 2 is 2.21 bits per heavy atom. The number of amides is 1. The Hall–Kier alpha value is -0.810. The predicted octanol–water partition coefficient (Wildman–Crippen LogP) is 1.67. The van der Waals surface area contributed by atoms with E-state index >= 15 is 0 Å². The van der Waals surface area contributed by atoms with E-state index in [1.54, 1.807) is 0 Å². The fourth-order valence-electron chi connectivity index (χ4n) is 2.91. The molecule has 110 valence electrons. The summed E-state index contributed by atoms with van der Waals surface area (Å²) in [7, 11) is 0. The first kappa shape index (κ1) is 14.6. The van der Waals surface area contributed by atoms with Crippen LogP contribution in [0.15, 0.2) is 0 Å². The molecule has 1 saturated carbocycles. The highest BCUT2D eigenvalue weighted by Crippen LogP contribution is 2.28. The molecule has 0 aromatic rings. The van der Waals surface area contributed by atoms with Crippen molar-refractivity contribution in [2.24, 2.45) is 5.92 Å². The fourth-order valence-corrected chi connectivity index (χ4v) is 2.91. The van der Waals surface area contributed by atoms with Crippen molar-refractivity contribution in [3.05, 3.63) is 0 Å². The van der Waals surface area contributed by atoms with Crippen molar-refractivity contribution >= 4 is 6.09 Å². The number of hydrogen-bond donors (Lipinski definition) is 2. The number of fused-ring (bicyclic) bond motifs is 1. The molecular formula is C14H26N2O3. The molecule has 1 aliphatic heterocycles. The Morgan fingerprint density at radius 1 is 1.42 bits per heavy atom. The van der Waals surface area contributed by atoms with E-state index in [9.17, 15) is 4.79 Å².